The summed E-state index contributed by atoms with van der Waals surface area (Å²) >= 11 is 18.0. The summed E-state index contributed by atoms with van der Waals surface area (Å²) in [6.45, 7) is 1.88. The van der Waals surface area contributed by atoms with Crippen LogP contribution in [0.25, 0.3) is 0 Å². The summed E-state index contributed by atoms with van der Waals surface area (Å²) in [6, 6.07) is 9.86. The predicted octanol–water partition coefficient (Wildman–Crippen LogP) is 5.52. The highest BCUT2D eigenvalue weighted by Gasteiger charge is 2.17. The maximum absolute atomic E-state index is 11.3. The van der Waals surface area contributed by atoms with Gasteiger partial charge in [-0.2, -0.15) is 0 Å². The topological polar surface area (TPSA) is 49.3 Å². The molecule has 2 N–H and O–H groups in total. The molecule has 0 radical (unpaired) electrons. The van der Waals surface area contributed by atoms with Gasteiger partial charge in [0.15, 0.2) is 0 Å². The van der Waals surface area contributed by atoms with Crippen molar-refractivity contribution in [1.82, 2.24) is 0 Å². The Morgan fingerprint density at radius 1 is 1.14 bits per heavy atom. The van der Waals surface area contributed by atoms with Gasteiger partial charge in [0.2, 0.25) is 0 Å². The number of halogens is 3. The van der Waals surface area contributed by atoms with Gasteiger partial charge in [-0.15, -0.1) is 0 Å². The van der Waals surface area contributed by atoms with Gasteiger partial charge in [0.1, 0.15) is 5.56 Å². The molecule has 2 aromatic rings. The number of anilines is 1. The lowest BCUT2D eigenvalue weighted by atomic mass is 10.1. The van der Waals surface area contributed by atoms with Crippen LogP contribution in [0.2, 0.25) is 15.1 Å². The average molecular weight is 345 g/mol. The molecule has 110 valence electrons. The second kappa shape index (κ2) is 6.56. The minimum Gasteiger partial charge on any atom is -0.478 e. The summed E-state index contributed by atoms with van der Waals surface area (Å²) in [4.78, 5) is 11.3. The van der Waals surface area contributed by atoms with E-state index in [1.165, 1.54) is 6.07 Å². The fourth-order valence-corrected chi connectivity index (χ4v) is 2.85. The maximum atomic E-state index is 11.3. The Morgan fingerprint density at radius 2 is 1.86 bits per heavy atom. The van der Waals surface area contributed by atoms with Crippen molar-refractivity contribution in [1.29, 1.82) is 0 Å². The normalized spacial score (nSPS) is 12.0. The van der Waals surface area contributed by atoms with E-state index >= 15 is 0 Å². The number of benzene rings is 2. The van der Waals surface area contributed by atoms with E-state index < -0.39 is 5.97 Å². The highest BCUT2D eigenvalue weighted by molar-refractivity contribution is 6.35. The van der Waals surface area contributed by atoms with Crippen molar-refractivity contribution in [3.63, 3.8) is 0 Å². The van der Waals surface area contributed by atoms with Crippen LogP contribution in [0.5, 0.6) is 0 Å². The van der Waals surface area contributed by atoms with Gasteiger partial charge in [-0.05, 0) is 36.8 Å². The molecule has 2 rings (SSSR count). The number of aromatic carboxylic acids is 1. The van der Waals surface area contributed by atoms with Gasteiger partial charge in [-0.25, -0.2) is 4.79 Å². The Kier molecular flexibility index (Phi) is 4.99. The number of hydrogen-bond donors (Lipinski definition) is 2. The van der Waals surface area contributed by atoms with Crippen molar-refractivity contribution < 1.29 is 9.90 Å². The summed E-state index contributed by atoms with van der Waals surface area (Å²) in [5.74, 6) is -1.09. The zero-order valence-electron chi connectivity index (χ0n) is 11.0. The zero-order chi connectivity index (χ0) is 15.6. The van der Waals surface area contributed by atoms with Crippen molar-refractivity contribution in [2.45, 2.75) is 13.0 Å². The Hall–Kier alpha value is -1.42. The first-order valence-electron chi connectivity index (χ1n) is 6.13. The van der Waals surface area contributed by atoms with E-state index in [4.69, 9.17) is 34.8 Å². The molecule has 0 aliphatic rings. The molecule has 21 heavy (non-hydrogen) atoms. The molecule has 0 amide bonds. The van der Waals surface area contributed by atoms with E-state index in [9.17, 15) is 9.90 Å². The number of nitrogens with one attached hydrogen (secondary N) is 1. The van der Waals surface area contributed by atoms with Crippen LogP contribution in [-0.4, -0.2) is 11.1 Å². The second-order valence-electron chi connectivity index (χ2n) is 4.50. The fourth-order valence-electron chi connectivity index (χ4n) is 2.03. The standard InChI is InChI=1S/C15H12Cl3NO2/c1-8(10-6-5-9(16)7-12(10)18)19-13-4-2-3-11(17)14(13)15(20)21/h2-8,19H,1H3,(H,20,21). The van der Waals surface area contributed by atoms with Crippen molar-refractivity contribution in [2.75, 3.05) is 5.32 Å². The molecular weight excluding hydrogens is 333 g/mol. The molecule has 0 bridgehead atoms. The molecule has 0 fully saturated rings. The number of carboxylic acids is 1. The molecule has 0 saturated carbocycles. The van der Waals surface area contributed by atoms with Crippen LogP contribution >= 0.6 is 34.8 Å². The van der Waals surface area contributed by atoms with Crippen LogP contribution in [0.3, 0.4) is 0 Å². The number of carbonyl (C=O) groups is 1. The number of rotatable bonds is 4. The molecule has 0 heterocycles. The Labute approximate surface area is 137 Å². The quantitative estimate of drug-likeness (QED) is 0.768. The van der Waals surface area contributed by atoms with Crippen molar-refractivity contribution >= 4 is 46.5 Å². The molecule has 0 aliphatic heterocycles. The molecular formula is C15H12Cl3NO2. The molecule has 0 aliphatic carbocycles. The summed E-state index contributed by atoms with van der Waals surface area (Å²) in [5.41, 5.74) is 1.29. The maximum Gasteiger partial charge on any atom is 0.339 e. The number of carboxylic acid groups (broad SMARTS) is 1. The molecule has 0 aromatic heterocycles. The average Bonchev–Trinajstić information content (AvgIpc) is 2.37. The third-order valence-corrected chi connectivity index (χ3v) is 3.91. The summed E-state index contributed by atoms with van der Waals surface area (Å²) in [5, 5.41) is 13.6. The summed E-state index contributed by atoms with van der Waals surface area (Å²) < 4.78 is 0. The van der Waals surface area contributed by atoms with E-state index in [2.05, 4.69) is 5.32 Å². The predicted molar refractivity (Wildman–Crippen MR) is 86.9 cm³/mol. The monoisotopic (exact) mass is 343 g/mol. The largest absolute Gasteiger partial charge is 0.478 e. The van der Waals surface area contributed by atoms with Crippen molar-refractivity contribution in [2.24, 2.45) is 0 Å². The Morgan fingerprint density at radius 3 is 2.48 bits per heavy atom. The molecule has 2 aromatic carbocycles. The van der Waals surface area contributed by atoms with Gasteiger partial charge < -0.3 is 10.4 Å². The molecule has 3 nitrogen and oxygen atoms in total. The highest BCUT2D eigenvalue weighted by Crippen LogP contribution is 2.31. The van der Waals surface area contributed by atoms with Crippen LogP contribution in [-0.2, 0) is 0 Å². The Bertz CT molecular complexity index is 689. The molecule has 6 heteroatoms. The number of hydrogen-bond acceptors (Lipinski definition) is 2. The van der Waals surface area contributed by atoms with E-state index in [0.29, 0.717) is 15.7 Å². The second-order valence-corrected chi connectivity index (χ2v) is 5.75. The summed E-state index contributed by atoms with van der Waals surface area (Å²) in [7, 11) is 0. The van der Waals surface area contributed by atoms with Crippen molar-refractivity contribution in [3.8, 4) is 0 Å². The highest BCUT2D eigenvalue weighted by atomic mass is 35.5. The SMILES string of the molecule is CC(Nc1cccc(Cl)c1C(=O)O)c1ccc(Cl)cc1Cl. The summed E-state index contributed by atoms with van der Waals surface area (Å²) in [6.07, 6.45) is 0. The van der Waals surface area contributed by atoms with Crippen LogP contribution < -0.4 is 5.32 Å². The lowest BCUT2D eigenvalue weighted by molar-refractivity contribution is 0.0698. The third kappa shape index (κ3) is 3.62. The third-order valence-electron chi connectivity index (χ3n) is 3.03. The Balaban J connectivity index is 2.34. The molecule has 1 unspecified atom stereocenters. The van der Waals surface area contributed by atoms with Gasteiger partial charge in [0, 0.05) is 10.0 Å². The first-order chi connectivity index (χ1) is 9.90. The fraction of sp³-hybridized carbons (Fsp3) is 0.133. The minimum atomic E-state index is -1.09. The van der Waals surface area contributed by atoms with Gasteiger partial charge >= 0.3 is 5.97 Å². The lowest BCUT2D eigenvalue weighted by Gasteiger charge is -2.19. The van der Waals surface area contributed by atoms with Crippen LogP contribution in [0, 0.1) is 0 Å². The van der Waals surface area contributed by atoms with E-state index in [1.54, 1.807) is 30.3 Å². The zero-order valence-corrected chi connectivity index (χ0v) is 13.3. The minimum absolute atomic E-state index is 0.0381. The molecule has 0 saturated heterocycles. The van der Waals surface area contributed by atoms with E-state index in [0.717, 1.165) is 5.56 Å². The first kappa shape index (κ1) is 16.0. The smallest absolute Gasteiger partial charge is 0.339 e. The van der Waals surface area contributed by atoms with Crippen LogP contribution in [0.15, 0.2) is 36.4 Å². The van der Waals surface area contributed by atoms with Gasteiger partial charge in [0.25, 0.3) is 0 Å². The first-order valence-corrected chi connectivity index (χ1v) is 7.27. The molecule has 0 spiro atoms. The van der Waals surface area contributed by atoms with E-state index in [-0.39, 0.29) is 16.6 Å². The van der Waals surface area contributed by atoms with Gasteiger partial charge in [-0.1, -0.05) is 46.9 Å². The van der Waals surface area contributed by atoms with Crippen molar-refractivity contribution in [3.05, 3.63) is 62.6 Å². The molecule has 1 atom stereocenters. The van der Waals surface area contributed by atoms with Gasteiger partial charge in [0.05, 0.1) is 16.8 Å². The van der Waals surface area contributed by atoms with E-state index in [1.807, 2.05) is 6.92 Å². The van der Waals surface area contributed by atoms with Crippen LogP contribution in [0.4, 0.5) is 5.69 Å². The van der Waals surface area contributed by atoms with Gasteiger partial charge in [-0.3, -0.25) is 0 Å². The lowest BCUT2D eigenvalue weighted by Crippen LogP contribution is -2.11. The van der Waals surface area contributed by atoms with Crippen LogP contribution in [0.1, 0.15) is 28.9 Å².